The summed E-state index contributed by atoms with van der Waals surface area (Å²) in [4.78, 5) is 8.89. The Balaban J connectivity index is 2.50. The van der Waals surface area contributed by atoms with Crippen LogP contribution in [-0.2, 0) is 13.0 Å². The number of hydrogen-bond acceptors (Lipinski definition) is 3. The number of hydrogen-bond donors (Lipinski definition) is 1. The first-order valence-corrected chi connectivity index (χ1v) is 6.29. The third-order valence-corrected chi connectivity index (χ3v) is 3.10. The van der Waals surface area contributed by atoms with Crippen LogP contribution in [0.5, 0.6) is 0 Å². The maximum atomic E-state index is 6.01. The second kappa shape index (κ2) is 5.02. The third kappa shape index (κ3) is 2.42. The van der Waals surface area contributed by atoms with Gasteiger partial charge in [-0.05, 0) is 12.5 Å². The van der Waals surface area contributed by atoms with Crippen LogP contribution in [0.1, 0.15) is 26.1 Å². The Labute approximate surface area is 106 Å². The van der Waals surface area contributed by atoms with Gasteiger partial charge in [-0.3, -0.25) is 0 Å². The Morgan fingerprint density at radius 2 is 2.24 bits per heavy atom. The van der Waals surface area contributed by atoms with E-state index in [-0.39, 0.29) is 6.04 Å². The van der Waals surface area contributed by atoms with Crippen LogP contribution in [0.3, 0.4) is 0 Å². The molecule has 1 unspecified atom stereocenters. The minimum Gasteiger partial charge on any atom is -0.326 e. The Morgan fingerprint density at radius 1 is 1.47 bits per heavy atom. The Kier molecular flexibility index (Phi) is 3.64. The minimum absolute atomic E-state index is 0.134. The van der Waals surface area contributed by atoms with E-state index in [2.05, 4.69) is 28.4 Å². The fourth-order valence-corrected chi connectivity index (χ4v) is 2.01. The van der Waals surface area contributed by atoms with Crippen molar-refractivity contribution in [3.63, 3.8) is 0 Å². The molecule has 17 heavy (non-hydrogen) atoms. The highest BCUT2D eigenvalue weighted by Gasteiger charge is 2.12. The lowest BCUT2D eigenvalue weighted by molar-refractivity contribution is 0.532. The highest BCUT2D eigenvalue weighted by Crippen LogP contribution is 2.18. The van der Waals surface area contributed by atoms with E-state index in [1.54, 1.807) is 6.20 Å². The predicted molar refractivity (Wildman–Crippen MR) is 70.2 cm³/mol. The molecule has 0 fully saturated rings. The molecule has 0 saturated heterocycles. The zero-order valence-corrected chi connectivity index (χ0v) is 10.9. The zero-order chi connectivity index (χ0) is 12.4. The number of nitrogens with zero attached hydrogens (tertiary/aromatic N) is 3. The van der Waals surface area contributed by atoms with Gasteiger partial charge in [0.25, 0.3) is 0 Å². The average Bonchev–Trinajstić information content (AvgIpc) is 2.66. The first-order valence-electron chi connectivity index (χ1n) is 5.92. The molecule has 0 aliphatic rings. The summed E-state index contributed by atoms with van der Waals surface area (Å²) in [5, 5.41) is 0.615. The zero-order valence-electron chi connectivity index (χ0n) is 10.2. The van der Waals surface area contributed by atoms with Crippen molar-refractivity contribution in [1.29, 1.82) is 0 Å². The molecule has 1 atom stereocenters. The van der Waals surface area contributed by atoms with Crippen LogP contribution >= 0.6 is 11.6 Å². The molecule has 0 aliphatic carbocycles. The third-order valence-electron chi connectivity index (χ3n) is 2.89. The monoisotopic (exact) mass is 252 g/mol. The highest BCUT2D eigenvalue weighted by atomic mass is 35.5. The van der Waals surface area contributed by atoms with Crippen molar-refractivity contribution in [2.24, 2.45) is 5.73 Å². The molecule has 92 valence electrons. The lowest BCUT2D eigenvalue weighted by atomic mass is 10.2. The highest BCUT2D eigenvalue weighted by molar-refractivity contribution is 6.31. The Hall–Kier alpha value is -1.13. The minimum atomic E-state index is 0.134. The molecule has 0 amide bonds. The number of aryl methyl sites for hydroxylation is 1. The Morgan fingerprint density at radius 3 is 2.88 bits per heavy atom. The molecule has 0 radical (unpaired) electrons. The Bertz CT molecular complexity index is 520. The maximum Gasteiger partial charge on any atom is 0.160 e. The predicted octanol–water partition coefficient (Wildman–Crippen LogP) is 2.38. The summed E-state index contributed by atoms with van der Waals surface area (Å²) in [5.74, 6) is 1.01. The van der Waals surface area contributed by atoms with Gasteiger partial charge in [0.05, 0.1) is 5.02 Å². The van der Waals surface area contributed by atoms with Crippen molar-refractivity contribution in [1.82, 2.24) is 14.5 Å². The lowest BCUT2D eigenvalue weighted by Crippen LogP contribution is -2.26. The van der Waals surface area contributed by atoms with Gasteiger partial charge in [-0.1, -0.05) is 25.4 Å². The fourth-order valence-electron chi connectivity index (χ4n) is 1.86. The van der Waals surface area contributed by atoms with Gasteiger partial charge in [-0.25, -0.2) is 9.97 Å². The lowest BCUT2D eigenvalue weighted by Gasteiger charge is -2.12. The van der Waals surface area contributed by atoms with Crippen molar-refractivity contribution in [2.45, 2.75) is 39.3 Å². The van der Waals surface area contributed by atoms with E-state index in [0.717, 1.165) is 36.4 Å². The SMILES string of the molecule is CCc1nc2cc(Cl)cnc2n1CC(N)CC. The van der Waals surface area contributed by atoms with Crippen LogP contribution in [0.25, 0.3) is 11.2 Å². The summed E-state index contributed by atoms with van der Waals surface area (Å²) in [5.41, 5.74) is 7.72. The molecule has 0 bridgehead atoms. The summed E-state index contributed by atoms with van der Waals surface area (Å²) >= 11 is 5.92. The van der Waals surface area contributed by atoms with Crippen molar-refractivity contribution in [3.05, 3.63) is 23.1 Å². The van der Waals surface area contributed by atoms with Gasteiger partial charge in [0.1, 0.15) is 11.3 Å². The number of fused-ring (bicyclic) bond motifs is 1. The molecule has 5 heteroatoms. The molecular weight excluding hydrogens is 236 g/mol. The molecule has 2 rings (SSSR count). The molecule has 2 N–H and O–H groups in total. The standard InChI is InChI=1S/C12H17ClN4/c1-3-9(14)7-17-11(4-2)16-10-5-8(13)6-15-12(10)17/h5-6,9H,3-4,7,14H2,1-2H3. The van der Waals surface area contributed by atoms with Gasteiger partial charge in [0.2, 0.25) is 0 Å². The van der Waals surface area contributed by atoms with Gasteiger partial charge >= 0.3 is 0 Å². The molecule has 0 spiro atoms. The number of rotatable bonds is 4. The second-order valence-corrected chi connectivity index (χ2v) is 4.59. The topological polar surface area (TPSA) is 56.7 Å². The van der Waals surface area contributed by atoms with E-state index in [1.807, 2.05) is 6.07 Å². The summed E-state index contributed by atoms with van der Waals surface area (Å²) in [6, 6.07) is 1.98. The number of nitrogens with two attached hydrogens (primary N) is 1. The van der Waals surface area contributed by atoms with Crippen LogP contribution < -0.4 is 5.73 Å². The van der Waals surface area contributed by atoms with Gasteiger partial charge in [0.15, 0.2) is 5.65 Å². The number of pyridine rings is 1. The quantitative estimate of drug-likeness (QED) is 0.909. The molecule has 2 aromatic rings. The molecule has 0 saturated carbocycles. The molecular formula is C12H17ClN4. The van der Waals surface area contributed by atoms with Crippen LogP contribution in [0.4, 0.5) is 0 Å². The molecule has 2 aromatic heterocycles. The van der Waals surface area contributed by atoms with Crippen molar-refractivity contribution < 1.29 is 0 Å². The summed E-state index contributed by atoms with van der Waals surface area (Å²) in [6.45, 7) is 4.92. The summed E-state index contributed by atoms with van der Waals surface area (Å²) in [7, 11) is 0. The largest absolute Gasteiger partial charge is 0.326 e. The van der Waals surface area contributed by atoms with E-state index in [9.17, 15) is 0 Å². The number of aromatic nitrogens is 3. The van der Waals surface area contributed by atoms with Gasteiger partial charge in [-0.15, -0.1) is 0 Å². The van der Waals surface area contributed by atoms with Crippen LogP contribution in [0.2, 0.25) is 5.02 Å². The van der Waals surface area contributed by atoms with Gasteiger partial charge < -0.3 is 10.3 Å². The van der Waals surface area contributed by atoms with E-state index in [1.165, 1.54) is 0 Å². The van der Waals surface area contributed by atoms with Crippen LogP contribution in [0.15, 0.2) is 12.3 Å². The van der Waals surface area contributed by atoms with Crippen LogP contribution in [0, 0.1) is 0 Å². The molecule has 4 nitrogen and oxygen atoms in total. The number of halogens is 1. The summed E-state index contributed by atoms with van der Waals surface area (Å²) < 4.78 is 2.10. The van der Waals surface area contributed by atoms with E-state index >= 15 is 0 Å². The van der Waals surface area contributed by atoms with E-state index < -0.39 is 0 Å². The molecule has 0 aromatic carbocycles. The van der Waals surface area contributed by atoms with Gasteiger partial charge in [0, 0.05) is 25.2 Å². The van der Waals surface area contributed by atoms with Crippen molar-refractivity contribution in [2.75, 3.05) is 0 Å². The van der Waals surface area contributed by atoms with Gasteiger partial charge in [-0.2, -0.15) is 0 Å². The smallest absolute Gasteiger partial charge is 0.160 e. The summed E-state index contributed by atoms with van der Waals surface area (Å²) in [6.07, 6.45) is 3.46. The number of imidazole rings is 1. The van der Waals surface area contributed by atoms with E-state index in [4.69, 9.17) is 17.3 Å². The average molecular weight is 253 g/mol. The first-order chi connectivity index (χ1) is 8.15. The molecule has 2 heterocycles. The van der Waals surface area contributed by atoms with Crippen molar-refractivity contribution in [3.8, 4) is 0 Å². The maximum absolute atomic E-state index is 6.01. The second-order valence-electron chi connectivity index (χ2n) is 4.16. The van der Waals surface area contributed by atoms with Crippen LogP contribution in [-0.4, -0.2) is 20.6 Å². The fraction of sp³-hybridized carbons (Fsp3) is 0.500. The normalized spacial score (nSPS) is 13.2. The molecule has 0 aliphatic heterocycles. The van der Waals surface area contributed by atoms with E-state index in [0.29, 0.717) is 5.02 Å². The first kappa shape index (κ1) is 12.3. The van der Waals surface area contributed by atoms with Crippen molar-refractivity contribution >= 4 is 22.8 Å².